The van der Waals surface area contributed by atoms with E-state index in [0.717, 1.165) is 38.0 Å². The molecular formula is C14H20O2. The third kappa shape index (κ3) is 2.45. The van der Waals surface area contributed by atoms with Crippen LogP contribution >= 0.6 is 0 Å². The molecule has 1 aromatic rings. The van der Waals surface area contributed by atoms with Crippen LogP contribution in [0.5, 0.6) is 0 Å². The molecule has 1 aliphatic rings. The highest BCUT2D eigenvalue weighted by atomic mass is 16.7. The lowest BCUT2D eigenvalue weighted by molar-refractivity contribution is -0.280. The molecule has 0 saturated carbocycles. The van der Waals surface area contributed by atoms with Gasteiger partial charge in [-0.05, 0) is 12.8 Å². The number of hydrogen-bond acceptors (Lipinski definition) is 2. The Labute approximate surface area is 97.6 Å². The fourth-order valence-electron chi connectivity index (χ4n) is 2.13. The summed E-state index contributed by atoms with van der Waals surface area (Å²) in [6.45, 7) is 3.80. The normalized spacial score (nSPS) is 19.6. The Morgan fingerprint density at radius 2 is 1.81 bits per heavy atom. The molecule has 2 rings (SSSR count). The monoisotopic (exact) mass is 220 g/mol. The molecule has 1 heterocycles. The third-order valence-electron chi connectivity index (χ3n) is 3.03. The zero-order chi connectivity index (χ0) is 11.3. The van der Waals surface area contributed by atoms with Gasteiger partial charge in [-0.25, -0.2) is 0 Å². The maximum Gasteiger partial charge on any atom is 0.194 e. The summed E-state index contributed by atoms with van der Waals surface area (Å²) in [6.07, 6.45) is 4.25. The van der Waals surface area contributed by atoms with Crippen molar-refractivity contribution in [1.82, 2.24) is 0 Å². The molecular weight excluding hydrogens is 200 g/mol. The van der Waals surface area contributed by atoms with Crippen LogP contribution in [0.4, 0.5) is 0 Å². The number of benzene rings is 1. The molecule has 0 N–H and O–H groups in total. The summed E-state index contributed by atoms with van der Waals surface area (Å²) in [6, 6.07) is 10.3. The van der Waals surface area contributed by atoms with Gasteiger partial charge >= 0.3 is 0 Å². The largest absolute Gasteiger partial charge is 0.346 e. The number of hydrogen-bond donors (Lipinski definition) is 0. The van der Waals surface area contributed by atoms with Crippen molar-refractivity contribution in [3.63, 3.8) is 0 Å². The van der Waals surface area contributed by atoms with E-state index in [-0.39, 0.29) is 0 Å². The molecule has 1 aliphatic heterocycles. The van der Waals surface area contributed by atoms with Crippen molar-refractivity contribution in [3.05, 3.63) is 35.9 Å². The number of ether oxygens (including phenoxy) is 2. The van der Waals surface area contributed by atoms with Crippen LogP contribution in [-0.4, -0.2) is 13.2 Å². The van der Waals surface area contributed by atoms with E-state index in [9.17, 15) is 0 Å². The molecule has 88 valence electrons. The quantitative estimate of drug-likeness (QED) is 0.773. The van der Waals surface area contributed by atoms with Crippen molar-refractivity contribution in [3.8, 4) is 0 Å². The van der Waals surface area contributed by atoms with Crippen LogP contribution in [0.25, 0.3) is 0 Å². The molecule has 2 nitrogen and oxygen atoms in total. The molecule has 0 radical (unpaired) electrons. The van der Waals surface area contributed by atoms with Crippen LogP contribution in [0, 0.1) is 0 Å². The molecule has 0 bridgehead atoms. The van der Waals surface area contributed by atoms with E-state index < -0.39 is 5.79 Å². The van der Waals surface area contributed by atoms with Crippen LogP contribution < -0.4 is 0 Å². The fraction of sp³-hybridized carbons (Fsp3) is 0.571. The topological polar surface area (TPSA) is 18.5 Å². The number of rotatable bonds is 4. The third-order valence-corrected chi connectivity index (χ3v) is 3.03. The minimum atomic E-state index is -0.477. The fourth-order valence-corrected chi connectivity index (χ4v) is 2.13. The van der Waals surface area contributed by atoms with E-state index in [0.29, 0.717) is 0 Å². The van der Waals surface area contributed by atoms with Crippen LogP contribution in [0.2, 0.25) is 0 Å². The average molecular weight is 220 g/mol. The van der Waals surface area contributed by atoms with Gasteiger partial charge in [-0.15, -0.1) is 0 Å². The molecule has 0 spiro atoms. The van der Waals surface area contributed by atoms with Crippen LogP contribution in [-0.2, 0) is 15.3 Å². The van der Waals surface area contributed by atoms with E-state index in [1.807, 2.05) is 18.2 Å². The van der Waals surface area contributed by atoms with E-state index >= 15 is 0 Å². The number of unbranched alkanes of at least 4 members (excludes halogenated alkanes) is 1. The lowest BCUT2D eigenvalue weighted by atomic mass is 9.99. The van der Waals surface area contributed by atoms with Gasteiger partial charge in [0.1, 0.15) is 0 Å². The van der Waals surface area contributed by atoms with Crippen molar-refractivity contribution in [1.29, 1.82) is 0 Å². The Bertz CT molecular complexity index is 302. The molecule has 1 fully saturated rings. The van der Waals surface area contributed by atoms with Crippen molar-refractivity contribution in [2.45, 2.75) is 38.4 Å². The molecule has 0 amide bonds. The summed E-state index contributed by atoms with van der Waals surface area (Å²) < 4.78 is 11.9. The second-order valence-electron chi connectivity index (χ2n) is 4.27. The van der Waals surface area contributed by atoms with Crippen LogP contribution in [0.15, 0.2) is 30.3 Å². The first-order valence-electron chi connectivity index (χ1n) is 6.21. The molecule has 0 atom stereocenters. The zero-order valence-corrected chi connectivity index (χ0v) is 9.95. The van der Waals surface area contributed by atoms with E-state index in [2.05, 4.69) is 19.1 Å². The predicted octanol–water partition coefficient (Wildman–Crippen LogP) is 3.47. The van der Waals surface area contributed by atoms with Gasteiger partial charge < -0.3 is 9.47 Å². The Hall–Kier alpha value is -0.860. The molecule has 0 aliphatic carbocycles. The van der Waals surface area contributed by atoms with Crippen molar-refractivity contribution < 1.29 is 9.47 Å². The maximum atomic E-state index is 5.93. The molecule has 1 saturated heterocycles. The van der Waals surface area contributed by atoms with Gasteiger partial charge in [-0.3, -0.25) is 0 Å². The standard InChI is InChI=1S/C14H20O2/c1-2-3-10-14(15-11-7-12-16-14)13-8-5-4-6-9-13/h4-6,8-9H,2-3,7,10-12H2,1H3. The van der Waals surface area contributed by atoms with Crippen LogP contribution in [0.3, 0.4) is 0 Å². The Balaban J connectivity index is 2.19. The average Bonchev–Trinajstić information content (AvgIpc) is 2.38. The predicted molar refractivity (Wildman–Crippen MR) is 64.2 cm³/mol. The first-order chi connectivity index (χ1) is 7.87. The van der Waals surface area contributed by atoms with Gasteiger partial charge in [0.2, 0.25) is 0 Å². The van der Waals surface area contributed by atoms with Gasteiger partial charge in [0.15, 0.2) is 5.79 Å². The zero-order valence-electron chi connectivity index (χ0n) is 9.95. The summed E-state index contributed by atoms with van der Waals surface area (Å²) in [7, 11) is 0. The lowest BCUT2D eigenvalue weighted by Gasteiger charge is -2.37. The molecule has 2 heteroatoms. The molecule has 16 heavy (non-hydrogen) atoms. The maximum absolute atomic E-state index is 5.93. The molecule has 0 unspecified atom stereocenters. The summed E-state index contributed by atoms with van der Waals surface area (Å²) in [4.78, 5) is 0. The van der Waals surface area contributed by atoms with E-state index in [4.69, 9.17) is 9.47 Å². The van der Waals surface area contributed by atoms with E-state index in [1.54, 1.807) is 0 Å². The van der Waals surface area contributed by atoms with Gasteiger partial charge in [-0.1, -0.05) is 43.7 Å². The second-order valence-corrected chi connectivity index (χ2v) is 4.27. The van der Waals surface area contributed by atoms with Crippen molar-refractivity contribution in [2.24, 2.45) is 0 Å². The van der Waals surface area contributed by atoms with Crippen molar-refractivity contribution >= 4 is 0 Å². The smallest absolute Gasteiger partial charge is 0.194 e. The molecule has 0 aromatic heterocycles. The lowest BCUT2D eigenvalue weighted by Crippen LogP contribution is -2.38. The van der Waals surface area contributed by atoms with Gasteiger partial charge in [0, 0.05) is 12.0 Å². The van der Waals surface area contributed by atoms with Gasteiger partial charge in [-0.2, -0.15) is 0 Å². The first kappa shape index (κ1) is 11.6. The summed E-state index contributed by atoms with van der Waals surface area (Å²) in [5, 5.41) is 0. The summed E-state index contributed by atoms with van der Waals surface area (Å²) >= 11 is 0. The van der Waals surface area contributed by atoms with Gasteiger partial charge in [0.25, 0.3) is 0 Å². The Morgan fingerprint density at radius 1 is 1.12 bits per heavy atom. The Kier molecular flexibility index (Phi) is 3.97. The molecule has 1 aromatic carbocycles. The van der Waals surface area contributed by atoms with Crippen LogP contribution in [0.1, 0.15) is 38.2 Å². The summed E-state index contributed by atoms with van der Waals surface area (Å²) in [5.74, 6) is -0.477. The SMILES string of the molecule is CCCCC1(c2ccccc2)OCCCO1. The first-order valence-corrected chi connectivity index (χ1v) is 6.21. The van der Waals surface area contributed by atoms with Crippen molar-refractivity contribution in [2.75, 3.05) is 13.2 Å². The minimum Gasteiger partial charge on any atom is -0.346 e. The van der Waals surface area contributed by atoms with Gasteiger partial charge in [0.05, 0.1) is 13.2 Å². The Morgan fingerprint density at radius 3 is 2.44 bits per heavy atom. The second kappa shape index (κ2) is 5.46. The minimum absolute atomic E-state index is 0.477. The highest BCUT2D eigenvalue weighted by Crippen LogP contribution is 2.35. The highest BCUT2D eigenvalue weighted by molar-refractivity contribution is 5.20. The highest BCUT2D eigenvalue weighted by Gasteiger charge is 2.35. The van der Waals surface area contributed by atoms with E-state index in [1.165, 1.54) is 6.42 Å². The summed E-state index contributed by atoms with van der Waals surface area (Å²) in [5.41, 5.74) is 1.16.